The van der Waals surface area contributed by atoms with Gasteiger partial charge in [0.1, 0.15) is 6.33 Å². The van der Waals surface area contributed by atoms with E-state index in [1.807, 2.05) is 0 Å². The van der Waals surface area contributed by atoms with Crippen molar-refractivity contribution in [3.8, 4) is 0 Å². The number of anilines is 2. The Bertz CT molecular complexity index is 474. The SMILES string of the molecule is CN1CCC(CNc2ncnc(NN)c2[N+](=O)[O-])CC1. The number of rotatable bonds is 5. The maximum absolute atomic E-state index is 11.1. The van der Waals surface area contributed by atoms with Gasteiger partial charge in [-0.05, 0) is 38.9 Å². The number of nitro groups is 1. The van der Waals surface area contributed by atoms with E-state index < -0.39 is 4.92 Å². The summed E-state index contributed by atoms with van der Waals surface area (Å²) in [5.74, 6) is 5.94. The molecule has 2 heterocycles. The van der Waals surface area contributed by atoms with Gasteiger partial charge in [0.2, 0.25) is 11.6 Å². The van der Waals surface area contributed by atoms with E-state index in [-0.39, 0.29) is 17.3 Å². The molecule has 1 aromatic heterocycles. The van der Waals surface area contributed by atoms with Gasteiger partial charge in [-0.3, -0.25) is 10.1 Å². The largest absolute Gasteiger partial charge is 0.364 e. The van der Waals surface area contributed by atoms with E-state index in [2.05, 4.69) is 32.7 Å². The molecule has 0 aromatic carbocycles. The van der Waals surface area contributed by atoms with Gasteiger partial charge in [-0.15, -0.1) is 0 Å². The summed E-state index contributed by atoms with van der Waals surface area (Å²) in [7, 11) is 2.10. The third kappa shape index (κ3) is 3.31. The third-order valence-corrected chi connectivity index (χ3v) is 3.54. The lowest BCUT2D eigenvalue weighted by molar-refractivity contribution is -0.383. The summed E-state index contributed by atoms with van der Waals surface area (Å²) in [5.41, 5.74) is 2.00. The van der Waals surface area contributed by atoms with Gasteiger partial charge in [0.05, 0.1) is 4.92 Å². The van der Waals surface area contributed by atoms with E-state index in [1.165, 1.54) is 6.33 Å². The molecule has 0 unspecified atom stereocenters. The molecule has 4 N–H and O–H groups in total. The number of nitrogens with zero attached hydrogens (tertiary/aromatic N) is 4. The lowest BCUT2D eigenvalue weighted by atomic mass is 9.97. The summed E-state index contributed by atoms with van der Waals surface area (Å²) >= 11 is 0. The number of likely N-dealkylation sites (tertiary alicyclic amines) is 1. The molecule has 20 heavy (non-hydrogen) atoms. The molecule has 0 saturated carbocycles. The second-order valence-electron chi connectivity index (χ2n) is 4.95. The number of nitrogens with two attached hydrogens (primary N) is 1. The minimum Gasteiger partial charge on any atom is -0.364 e. The molecule has 1 aliphatic rings. The standard InChI is InChI=1S/C11H19N7O2/c1-17-4-2-8(3-5-17)6-13-10-9(18(19)20)11(16-12)15-7-14-10/h7-8H,2-6,12H2,1H3,(H2,13,14,15,16). The first-order valence-electron chi connectivity index (χ1n) is 6.50. The van der Waals surface area contributed by atoms with Gasteiger partial charge in [0.25, 0.3) is 0 Å². The summed E-state index contributed by atoms with van der Waals surface area (Å²) in [6.07, 6.45) is 3.40. The Labute approximate surface area is 116 Å². The van der Waals surface area contributed by atoms with Crippen LogP contribution in [0.2, 0.25) is 0 Å². The van der Waals surface area contributed by atoms with Gasteiger partial charge in [-0.25, -0.2) is 15.8 Å². The average molecular weight is 281 g/mol. The van der Waals surface area contributed by atoms with Crippen LogP contribution in [0.1, 0.15) is 12.8 Å². The molecule has 0 spiro atoms. The molecule has 0 amide bonds. The molecular weight excluding hydrogens is 262 g/mol. The minimum absolute atomic E-state index is 0.0101. The molecule has 0 aliphatic carbocycles. The van der Waals surface area contributed by atoms with Gasteiger partial charge in [0, 0.05) is 6.54 Å². The van der Waals surface area contributed by atoms with Crippen LogP contribution in [0.4, 0.5) is 17.3 Å². The van der Waals surface area contributed by atoms with Crippen molar-refractivity contribution >= 4 is 17.3 Å². The highest BCUT2D eigenvalue weighted by molar-refractivity contribution is 5.68. The monoisotopic (exact) mass is 281 g/mol. The van der Waals surface area contributed by atoms with Crippen molar-refractivity contribution in [1.29, 1.82) is 0 Å². The molecule has 0 radical (unpaired) electrons. The quantitative estimate of drug-likeness (QED) is 0.403. The average Bonchev–Trinajstić information content (AvgIpc) is 2.46. The number of piperidine rings is 1. The van der Waals surface area contributed by atoms with Gasteiger partial charge in [-0.2, -0.15) is 0 Å². The maximum Gasteiger partial charge on any atom is 0.354 e. The zero-order valence-electron chi connectivity index (χ0n) is 11.4. The van der Waals surface area contributed by atoms with E-state index in [4.69, 9.17) is 5.84 Å². The fraction of sp³-hybridized carbons (Fsp3) is 0.636. The zero-order chi connectivity index (χ0) is 14.5. The number of nitrogen functional groups attached to an aromatic ring is 1. The fourth-order valence-corrected chi connectivity index (χ4v) is 2.29. The molecule has 1 saturated heterocycles. The molecule has 9 heteroatoms. The predicted molar refractivity (Wildman–Crippen MR) is 75.2 cm³/mol. The van der Waals surface area contributed by atoms with Gasteiger partial charge >= 0.3 is 5.69 Å². The van der Waals surface area contributed by atoms with Gasteiger partial charge in [-0.1, -0.05) is 0 Å². The van der Waals surface area contributed by atoms with Crippen molar-refractivity contribution in [3.63, 3.8) is 0 Å². The molecule has 1 aliphatic heterocycles. The lowest BCUT2D eigenvalue weighted by Crippen LogP contribution is -2.33. The van der Waals surface area contributed by atoms with E-state index in [0.717, 1.165) is 25.9 Å². The van der Waals surface area contributed by atoms with Gasteiger partial charge in [0.15, 0.2) is 0 Å². The van der Waals surface area contributed by atoms with Gasteiger partial charge < -0.3 is 15.6 Å². The molecule has 110 valence electrons. The normalized spacial score (nSPS) is 16.9. The Balaban J connectivity index is 2.04. The minimum atomic E-state index is -0.536. The Morgan fingerprint density at radius 3 is 2.70 bits per heavy atom. The Morgan fingerprint density at radius 2 is 2.10 bits per heavy atom. The number of hydrogen-bond acceptors (Lipinski definition) is 8. The van der Waals surface area contributed by atoms with Crippen LogP contribution in [0.25, 0.3) is 0 Å². The fourth-order valence-electron chi connectivity index (χ4n) is 2.29. The first-order chi connectivity index (χ1) is 9.61. The zero-order valence-corrected chi connectivity index (χ0v) is 11.4. The molecule has 9 nitrogen and oxygen atoms in total. The summed E-state index contributed by atoms with van der Waals surface area (Å²) in [5, 5.41) is 14.1. The van der Waals surface area contributed by atoms with Crippen molar-refractivity contribution in [1.82, 2.24) is 14.9 Å². The van der Waals surface area contributed by atoms with Crippen LogP contribution in [0, 0.1) is 16.0 Å². The van der Waals surface area contributed by atoms with Crippen molar-refractivity contribution < 1.29 is 4.92 Å². The molecule has 0 atom stereocenters. The molecule has 1 aromatic rings. The van der Waals surface area contributed by atoms with Crippen LogP contribution >= 0.6 is 0 Å². The van der Waals surface area contributed by atoms with Crippen LogP contribution in [0.15, 0.2) is 6.33 Å². The van der Waals surface area contributed by atoms with Crippen molar-refractivity contribution in [2.75, 3.05) is 37.4 Å². The molecule has 2 rings (SSSR count). The van der Waals surface area contributed by atoms with Crippen LogP contribution in [-0.2, 0) is 0 Å². The van der Waals surface area contributed by atoms with Crippen LogP contribution in [-0.4, -0.2) is 46.5 Å². The van der Waals surface area contributed by atoms with Crippen LogP contribution in [0.5, 0.6) is 0 Å². The van der Waals surface area contributed by atoms with Crippen LogP contribution in [0.3, 0.4) is 0 Å². The maximum atomic E-state index is 11.1. The number of aromatic nitrogens is 2. The summed E-state index contributed by atoms with van der Waals surface area (Å²) in [4.78, 5) is 20.5. The molecule has 1 fully saturated rings. The Morgan fingerprint density at radius 1 is 1.45 bits per heavy atom. The second kappa shape index (κ2) is 6.44. The van der Waals surface area contributed by atoms with E-state index in [9.17, 15) is 10.1 Å². The summed E-state index contributed by atoms with van der Waals surface area (Å²) in [6.45, 7) is 2.76. The van der Waals surface area contributed by atoms with Crippen molar-refractivity contribution in [2.24, 2.45) is 11.8 Å². The van der Waals surface area contributed by atoms with Crippen molar-refractivity contribution in [2.45, 2.75) is 12.8 Å². The Hall–Kier alpha value is -2.00. The third-order valence-electron chi connectivity index (χ3n) is 3.54. The highest BCUT2D eigenvalue weighted by atomic mass is 16.6. The first kappa shape index (κ1) is 14.4. The lowest BCUT2D eigenvalue weighted by Gasteiger charge is -2.29. The smallest absolute Gasteiger partial charge is 0.354 e. The first-order valence-corrected chi connectivity index (χ1v) is 6.50. The highest BCUT2D eigenvalue weighted by Crippen LogP contribution is 2.28. The van der Waals surface area contributed by atoms with E-state index in [0.29, 0.717) is 12.5 Å². The topological polar surface area (TPSA) is 122 Å². The van der Waals surface area contributed by atoms with E-state index in [1.54, 1.807) is 0 Å². The van der Waals surface area contributed by atoms with E-state index >= 15 is 0 Å². The second-order valence-corrected chi connectivity index (χ2v) is 4.95. The number of nitrogens with one attached hydrogen (secondary N) is 2. The molecule has 0 bridgehead atoms. The summed E-state index contributed by atoms with van der Waals surface area (Å²) in [6, 6.07) is 0. The predicted octanol–water partition coefficient (Wildman–Crippen LogP) is 0.424. The Kier molecular flexibility index (Phi) is 4.64. The molecular formula is C11H19N7O2. The number of hydrogen-bond donors (Lipinski definition) is 3. The van der Waals surface area contributed by atoms with Crippen LogP contribution < -0.4 is 16.6 Å². The summed E-state index contributed by atoms with van der Waals surface area (Å²) < 4.78 is 0. The number of hydrazine groups is 1. The van der Waals surface area contributed by atoms with Crippen molar-refractivity contribution in [3.05, 3.63) is 16.4 Å². The highest BCUT2D eigenvalue weighted by Gasteiger charge is 2.23.